The van der Waals surface area contributed by atoms with Gasteiger partial charge in [-0.15, -0.1) is 0 Å². The number of carbonyl (C=O) groups is 1. The van der Waals surface area contributed by atoms with Gasteiger partial charge in [0.1, 0.15) is 0 Å². The zero-order valence-electron chi connectivity index (χ0n) is 17.5. The molecule has 8 heteroatoms. The Morgan fingerprint density at radius 3 is 2.20 bits per heavy atom. The predicted molar refractivity (Wildman–Crippen MR) is 121 cm³/mol. The van der Waals surface area contributed by atoms with E-state index in [9.17, 15) is 4.79 Å². The van der Waals surface area contributed by atoms with E-state index in [1.807, 2.05) is 56.5 Å². The quantitative estimate of drug-likeness (QED) is 0.282. The standard InChI is InChI=1S/C15H16N2O2S.C7H9BO2/c1-4-19-14(18)13-12(9-16-15(17-13)20-3)11-8-6-5-7-10(11)2;1-6-4-2-3-5-7(6)8(9)10/h5-9H,4H2,1-3H3;2-5,9-10H,1H3. The van der Waals surface area contributed by atoms with E-state index in [1.54, 1.807) is 25.3 Å². The summed E-state index contributed by atoms with van der Waals surface area (Å²) in [4.78, 5) is 20.7. The van der Waals surface area contributed by atoms with E-state index in [1.165, 1.54) is 11.8 Å². The van der Waals surface area contributed by atoms with Crippen LogP contribution in [0.5, 0.6) is 0 Å². The fourth-order valence-electron chi connectivity index (χ4n) is 2.77. The maximum atomic E-state index is 12.1. The lowest BCUT2D eigenvalue weighted by molar-refractivity contribution is 0.0519. The molecule has 3 rings (SSSR count). The summed E-state index contributed by atoms with van der Waals surface area (Å²) >= 11 is 1.40. The van der Waals surface area contributed by atoms with Crippen molar-refractivity contribution in [2.45, 2.75) is 25.9 Å². The highest BCUT2D eigenvalue weighted by Crippen LogP contribution is 2.27. The molecule has 1 heterocycles. The first-order valence-corrected chi connectivity index (χ1v) is 10.7. The van der Waals surface area contributed by atoms with Gasteiger partial charge in [-0.05, 0) is 43.6 Å². The van der Waals surface area contributed by atoms with Crippen LogP contribution in [0.3, 0.4) is 0 Å². The highest BCUT2D eigenvalue weighted by atomic mass is 32.2. The second kappa shape index (κ2) is 11.5. The fraction of sp³-hybridized carbons (Fsp3) is 0.227. The predicted octanol–water partition coefficient (Wildman–Crippen LogP) is 3.03. The Bertz CT molecular complexity index is 998. The lowest BCUT2D eigenvalue weighted by atomic mass is 9.77. The summed E-state index contributed by atoms with van der Waals surface area (Å²) in [6.07, 6.45) is 3.56. The molecule has 2 N–H and O–H groups in total. The minimum Gasteiger partial charge on any atom is -0.461 e. The summed E-state index contributed by atoms with van der Waals surface area (Å²) < 4.78 is 5.09. The first-order chi connectivity index (χ1) is 14.4. The van der Waals surface area contributed by atoms with Crippen LogP contribution in [0.2, 0.25) is 0 Å². The largest absolute Gasteiger partial charge is 0.488 e. The number of aromatic nitrogens is 2. The van der Waals surface area contributed by atoms with Crippen LogP contribution in [0.4, 0.5) is 0 Å². The van der Waals surface area contributed by atoms with E-state index in [0.29, 0.717) is 28.5 Å². The second-order valence-electron chi connectivity index (χ2n) is 6.38. The van der Waals surface area contributed by atoms with Crippen molar-refractivity contribution in [3.63, 3.8) is 0 Å². The van der Waals surface area contributed by atoms with Gasteiger partial charge in [0.05, 0.1) is 6.61 Å². The molecular weight excluding hydrogens is 399 g/mol. The zero-order valence-corrected chi connectivity index (χ0v) is 18.3. The molecule has 0 unspecified atom stereocenters. The molecule has 3 aromatic rings. The van der Waals surface area contributed by atoms with Crippen molar-refractivity contribution >= 4 is 30.3 Å². The summed E-state index contributed by atoms with van der Waals surface area (Å²) in [6, 6.07) is 15.0. The van der Waals surface area contributed by atoms with Gasteiger partial charge in [-0.2, -0.15) is 0 Å². The minimum atomic E-state index is -1.35. The van der Waals surface area contributed by atoms with E-state index in [2.05, 4.69) is 9.97 Å². The van der Waals surface area contributed by atoms with Gasteiger partial charge in [-0.1, -0.05) is 65.9 Å². The van der Waals surface area contributed by atoms with Crippen molar-refractivity contribution in [3.05, 3.63) is 71.5 Å². The van der Waals surface area contributed by atoms with Gasteiger partial charge in [0, 0.05) is 11.8 Å². The van der Waals surface area contributed by atoms with Crippen LogP contribution in [0, 0.1) is 13.8 Å². The van der Waals surface area contributed by atoms with E-state index in [0.717, 1.165) is 16.7 Å². The maximum Gasteiger partial charge on any atom is 0.488 e. The highest BCUT2D eigenvalue weighted by Gasteiger charge is 2.18. The Balaban J connectivity index is 0.000000269. The number of ether oxygens (including phenoxy) is 1. The first-order valence-electron chi connectivity index (χ1n) is 9.44. The maximum absolute atomic E-state index is 12.1. The van der Waals surface area contributed by atoms with E-state index in [-0.39, 0.29) is 0 Å². The summed E-state index contributed by atoms with van der Waals surface area (Å²) in [6.45, 7) is 5.94. The molecule has 0 aliphatic heterocycles. The van der Waals surface area contributed by atoms with Crippen molar-refractivity contribution in [2.24, 2.45) is 0 Å². The fourth-order valence-corrected chi connectivity index (χ4v) is 3.11. The highest BCUT2D eigenvalue weighted by molar-refractivity contribution is 7.98. The summed E-state index contributed by atoms with van der Waals surface area (Å²) in [5, 5.41) is 18.1. The molecule has 0 saturated carbocycles. The van der Waals surface area contributed by atoms with Gasteiger partial charge in [-0.25, -0.2) is 14.8 Å². The number of aryl methyl sites for hydroxylation is 2. The van der Waals surface area contributed by atoms with Crippen LogP contribution >= 0.6 is 11.8 Å². The van der Waals surface area contributed by atoms with Gasteiger partial charge in [0.2, 0.25) is 0 Å². The molecule has 30 heavy (non-hydrogen) atoms. The Labute approximate surface area is 181 Å². The molecule has 1 aromatic heterocycles. The average Bonchev–Trinajstić information content (AvgIpc) is 2.74. The molecule has 0 aliphatic carbocycles. The minimum absolute atomic E-state index is 0.320. The second-order valence-corrected chi connectivity index (χ2v) is 7.16. The van der Waals surface area contributed by atoms with Crippen molar-refractivity contribution < 1.29 is 19.6 Å². The smallest absolute Gasteiger partial charge is 0.461 e. The third kappa shape index (κ3) is 6.16. The van der Waals surface area contributed by atoms with Crippen molar-refractivity contribution in [2.75, 3.05) is 12.9 Å². The third-order valence-electron chi connectivity index (χ3n) is 4.32. The summed E-state index contributed by atoms with van der Waals surface area (Å²) in [5.41, 5.74) is 4.52. The molecule has 0 bridgehead atoms. The van der Waals surface area contributed by atoms with Gasteiger partial charge in [0.25, 0.3) is 0 Å². The molecule has 0 aliphatic rings. The van der Waals surface area contributed by atoms with Crippen LogP contribution < -0.4 is 5.46 Å². The van der Waals surface area contributed by atoms with Gasteiger partial charge >= 0.3 is 13.1 Å². The first kappa shape index (κ1) is 23.6. The van der Waals surface area contributed by atoms with Gasteiger partial charge in [0.15, 0.2) is 10.9 Å². The van der Waals surface area contributed by atoms with Gasteiger partial charge < -0.3 is 14.8 Å². The van der Waals surface area contributed by atoms with Gasteiger partial charge in [-0.3, -0.25) is 0 Å². The lowest BCUT2D eigenvalue weighted by Gasteiger charge is -2.10. The number of esters is 1. The number of nitrogens with zero attached hydrogens (tertiary/aromatic N) is 2. The average molecular weight is 424 g/mol. The number of thioether (sulfide) groups is 1. The van der Waals surface area contributed by atoms with Crippen molar-refractivity contribution in [3.8, 4) is 11.1 Å². The number of rotatable bonds is 5. The van der Waals surface area contributed by atoms with Crippen LogP contribution in [-0.4, -0.2) is 46.0 Å². The molecule has 2 aromatic carbocycles. The van der Waals surface area contributed by atoms with Crippen molar-refractivity contribution in [1.82, 2.24) is 9.97 Å². The Morgan fingerprint density at radius 1 is 1.03 bits per heavy atom. The molecule has 6 nitrogen and oxygen atoms in total. The molecule has 0 radical (unpaired) electrons. The lowest BCUT2D eigenvalue weighted by Crippen LogP contribution is -2.31. The molecule has 0 spiro atoms. The number of benzene rings is 2. The third-order valence-corrected chi connectivity index (χ3v) is 4.88. The topological polar surface area (TPSA) is 92.5 Å². The Morgan fingerprint density at radius 2 is 1.67 bits per heavy atom. The molecule has 0 amide bonds. The molecular formula is C22H25BN2O4S. The number of hydrogen-bond acceptors (Lipinski definition) is 7. The van der Waals surface area contributed by atoms with E-state index < -0.39 is 13.1 Å². The Kier molecular flexibility index (Phi) is 9.04. The summed E-state index contributed by atoms with van der Waals surface area (Å²) in [5.74, 6) is -0.413. The monoisotopic (exact) mass is 424 g/mol. The zero-order chi connectivity index (χ0) is 22.1. The number of carbonyl (C=O) groups excluding carboxylic acids is 1. The molecule has 0 saturated heterocycles. The van der Waals surface area contributed by atoms with Crippen LogP contribution in [-0.2, 0) is 4.74 Å². The molecule has 0 fully saturated rings. The van der Waals surface area contributed by atoms with Crippen LogP contribution in [0.1, 0.15) is 28.5 Å². The van der Waals surface area contributed by atoms with E-state index >= 15 is 0 Å². The van der Waals surface area contributed by atoms with Crippen LogP contribution in [0.25, 0.3) is 11.1 Å². The Hall–Kier alpha value is -2.68. The SMILES string of the molecule is CCOC(=O)c1nc(SC)ncc1-c1ccccc1C.Cc1ccccc1B(O)O. The molecule has 0 atom stereocenters. The number of hydrogen-bond donors (Lipinski definition) is 2. The normalized spacial score (nSPS) is 10.1. The van der Waals surface area contributed by atoms with Crippen LogP contribution in [0.15, 0.2) is 59.9 Å². The van der Waals surface area contributed by atoms with Crippen molar-refractivity contribution in [1.29, 1.82) is 0 Å². The summed E-state index contributed by atoms with van der Waals surface area (Å²) in [7, 11) is -1.35. The van der Waals surface area contributed by atoms with E-state index in [4.69, 9.17) is 14.8 Å². The molecule has 156 valence electrons.